The summed E-state index contributed by atoms with van der Waals surface area (Å²) in [5.41, 5.74) is 4.60. The topological polar surface area (TPSA) is 29.5 Å². The van der Waals surface area contributed by atoms with E-state index in [-0.39, 0.29) is 12.0 Å². The summed E-state index contributed by atoms with van der Waals surface area (Å²) in [5, 5.41) is 9.76. The molecule has 0 unspecified atom stereocenters. The maximum Gasteiger partial charge on any atom is 0.125 e. The van der Waals surface area contributed by atoms with Crippen LogP contribution in [0.5, 0.6) is 5.75 Å². The summed E-state index contributed by atoms with van der Waals surface area (Å²) in [5.74, 6) is 1.20. The second-order valence-electron chi connectivity index (χ2n) is 7.38. The molecular formula is C21H28O2. The number of hydrogen-bond acceptors (Lipinski definition) is 2. The molecule has 0 saturated carbocycles. The molecule has 0 aliphatic heterocycles. The van der Waals surface area contributed by atoms with Crippen molar-refractivity contribution in [2.75, 3.05) is 0 Å². The van der Waals surface area contributed by atoms with E-state index in [0.29, 0.717) is 12.5 Å². The summed E-state index contributed by atoms with van der Waals surface area (Å²) in [6.07, 6.45) is 0. The minimum Gasteiger partial charge on any atom is -0.489 e. The fourth-order valence-electron chi connectivity index (χ4n) is 2.76. The quantitative estimate of drug-likeness (QED) is 0.824. The summed E-state index contributed by atoms with van der Waals surface area (Å²) in [4.78, 5) is 0. The molecule has 1 N–H and O–H groups in total. The zero-order valence-corrected chi connectivity index (χ0v) is 14.9. The van der Waals surface area contributed by atoms with Crippen LogP contribution in [0.25, 0.3) is 0 Å². The Labute approximate surface area is 140 Å². The van der Waals surface area contributed by atoms with E-state index in [1.165, 1.54) is 11.1 Å². The van der Waals surface area contributed by atoms with Gasteiger partial charge in [0.25, 0.3) is 0 Å². The third-order valence-corrected chi connectivity index (χ3v) is 4.07. The summed E-state index contributed by atoms with van der Waals surface area (Å²) in [6, 6.07) is 14.3. The molecule has 2 nitrogen and oxygen atoms in total. The number of benzene rings is 2. The number of hydrogen-bond donors (Lipinski definition) is 1. The highest BCUT2D eigenvalue weighted by Crippen LogP contribution is 2.36. The average Bonchev–Trinajstić information content (AvgIpc) is 2.52. The van der Waals surface area contributed by atoms with Crippen LogP contribution in [0.1, 0.15) is 62.8 Å². The Hall–Kier alpha value is -1.80. The Morgan fingerprint density at radius 2 is 1.70 bits per heavy atom. The first-order valence-corrected chi connectivity index (χ1v) is 8.27. The highest BCUT2D eigenvalue weighted by molar-refractivity contribution is 5.46. The van der Waals surface area contributed by atoms with Gasteiger partial charge >= 0.3 is 0 Å². The van der Waals surface area contributed by atoms with E-state index >= 15 is 0 Å². The Bertz CT molecular complexity index is 637. The van der Waals surface area contributed by atoms with Gasteiger partial charge in [-0.05, 0) is 40.2 Å². The summed E-state index contributed by atoms with van der Waals surface area (Å²) >= 11 is 0. The summed E-state index contributed by atoms with van der Waals surface area (Å²) in [7, 11) is 0. The molecule has 0 saturated heterocycles. The fraction of sp³-hybridized carbons (Fsp3) is 0.429. The molecular weight excluding hydrogens is 284 g/mol. The van der Waals surface area contributed by atoms with Crippen LogP contribution < -0.4 is 4.74 Å². The van der Waals surface area contributed by atoms with Gasteiger partial charge in [0.05, 0.1) is 6.61 Å². The van der Waals surface area contributed by atoms with E-state index < -0.39 is 0 Å². The van der Waals surface area contributed by atoms with Crippen molar-refractivity contribution in [3.05, 3.63) is 64.7 Å². The van der Waals surface area contributed by atoms with Crippen molar-refractivity contribution in [2.45, 2.75) is 59.2 Å². The van der Waals surface area contributed by atoms with E-state index in [1.807, 2.05) is 30.3 Å². The monoisotopic (exact) mass is 312 g/mol. The molecule has 2 aromatic rings. The van der Waals surface area contributed by atoms with Crippen LogP contribution >= 0.6 is 0 Å². The highest BCUT2D eigenvalue weighted by Gasteiger charge is 2.22. The molecule has 0 atom stereocenters. The molecule has 2 heteroatoms. The maximum absolute atomic E-state index is 9.76. The number of rotatable bonds is 5. The van der Waals surface area contributed by atoms with Crippen LogP contribution in [0.15, 0.2) is 42.5 Å². The Kier molecular flexibility index (Phi) is 5.48. The lowest BCUT2D eigenvalue weighted by Crippen LogP contribution is -2.16. The van der Waals surface area contributed by atoms with E-state index in [2.05, 4.69) is 46.8 Å². The van der Waals surface area contributed by atoms with Gasteiger partial charge in [0.15, 0.2) is 0 Å². The molecule has 0 aromatic heterocycles. The third kappa shape index (κ3) is 4.35. The Balaban J connectivity index is 2.37. The number of aliphatic hydroxyl groups is 1. The van der Waals surface area contributed by atoms with Gasteiger partial charge in [-0.3, -0.25) is 0 Å². The van der Waals surface area contributed by atoms with Gasteiger partial charge in [0.2, 0.25) is 0 Å². The first kappa shape index (κ1) is 17.6. The molecule has 0 bridgehead atoms. The molecule has 0 spiro atoms. The van der Waals surface area contributed by atoms with Gasteiger partial charge in [-0.1, -0.05) is 65.0 Å². The van der Waals surface area contributed by atoms with Crippen LogP contribution in [0, 0.1) is 0 Å². The van der Waals surface area contributed by atoms with Crippen molar-refractivity contribution in [3.63, 3.8) is 0 Å². The highest BCUT2D eigenvalue weighted by atomic mass is 16.5. The molecule has 23 heavy (non-hydrogen) atoms. The zero-order valence-electron chi connectivity index (χ0n) is 14.9. The molecule has 2 rings (SSSR count). The van der Waals surface area contributed by atoms with Gasteiger partial charge < -0.3 is 9.84 Å². The van der Waals surface area contributed by atoms with Crippen LogP contribution in [0.3, 0.4) is 0 Å². The van der Waals surface area contributed by atoms with Crippen molar-refractivity contribution >= 4 is 0 Å². The minimum atomic E-state index is -0.00835. The third-order valence-electron chi connectivity index (χ3n) is 4.07. The lowest BCUT2D eigenvalue weighted by Gasteiger charge is -2.27. The molecule has 0 aliphatic carbocycles. The van der Waals surface area contributed by atoms with E-state index in [1.54, 1.807) is 0 Å². The zero-order chi connectivity index (χ0) is 17.0. The van der Waals surface area contributed by atoms with E-state index in [0.717, 1.165) is 16.9 Å². The molecule has 2 aromatic carbocycles. The van der Waals surface area contributed by atoms with Gasteiger partial charge in [-0.15, -0.1) is 0 Å². The largest absolute Gasteiger partial charge is 0.489 e. The molecule has 0 fully saturated rings. The van der Waals surface area contributed by atoms with Crippen molar-refractivity contribution in [3.8, 4) is 5.75 Å². The normalized spacial score (nSPS) is 11.8. The standard InChI is InChI=1S/C21H28O2/c1-15(2)18-12-20(23-14-16-9-7-6-8-10-16)17(13-22)11-19(18)21(3,4)5/h6-12,15,22H,13-14H2,1-5H3. The van der Waals surface area contributed by atoms with Gasteiger partial charge in [0, 0.05) is 5.56 Å². The SMILES string of the molecule is CC(C)c1cc(OCc2ccccc2)c(CO)cc1C(C)(C)C. The van der Waals surface area contributed by atoms with Crippen molar-refractivity contribution < 1.29 is 9.84 Å². The van der Waals surface area contributed by atoms with Crippen molar-refractivity contribution in [2.24, 2.45) is 0 Å². The molecule has 0 heterocycles. The lowest BCUT2D eigenvalue weighted by molar-refractivity contribution is 0.258. The summed E-state index contributed by atoms with van der Waals surface area (Å²) in [6.45, 7) is 11.5. The second-order valence-corrected chi connectivity index (χ2v) is 7.38. The van der Waals surface area contributed by atoms with Crippen LogP contribution in [-0.2, 0) is 18.6 Å². The van der Waals surface area contributed by atoms with E-state index in [4.69, 9.17) is 4.74 Å². The predicted octanol–water partition coefficient (Wildman–Crippen LogP) is 5.18. The van der Waals surface area contributed by atoms with Crippen molar-refractivity contribution in [1.82, 2.24) is 0 Å². The second kappa shape index (κ2) is 7.18. The first-order valence-electron chi connectivity index (χ1n) is 8.27. The van der Waals surface area contributed by atoms with E-state index in [9.17, 15) is 5.11 Å². The smallest absolute Gasteiger partial charge is 0.125 e. The van der Waals surface area contributed by atoms with Crippen LogP contribution in [-0.4, -0.2) is 5.11 Å². The minimum absolute atomic E-state index is 0.00835. The van der Waals surface area contributed by atoms with Crippen LogP contribution in [0.4, 0.5) is 0 Å². The molecule has 124 valence electrons. The average molecular weight is 312 g/mol. The van der Waals surface area contributed by atoms with Crippen LogP contribution in [0.2, 0.25) is 0 Å². The first-order chi connectivity index (χ1) is 10.8. The van der Waals surface area contributed by atoms with Gasteiger partial charge in [0.1, 0.15) is 12.4 Å². The molecule has 0 radical (unpaired) electrons. The maximum atomic E-state index is 9.76. The Morgan fingerprint density at radius 1 is 1.04 bits per heavy atom. The fourth-order valence-corrected chi connectivity index (χ4v) is 2.76. The lowest BCUT2D eigenvalue weighted by atomic mass is 9.79. The van der Waals surface area contributed by atoms with Gasteiger partial charge in [-0.25, -0.2) is 0 Å². The molecule has 0 amide bonds. The van der Waals surface area contributed by atoms with Gasteiger partial charge in [-0.2, -0.15) is 0 Å². The predicted molar refractivity (Wildman–Crippen MR) is 95.9 cm³/mol. The number of ether oxygens (including phenoxy) is 1. The number of aliphatic hydroxyl groups excluding tert-OH is 1. The molecule has 0 aliphatic rings. The Morgan fingerprint density at radius 3 is 2.22 bits per heavy atom. The van der Waals surface area contributed by atoms with Crippen molar-refractivity contribution in [1.29, 1.82) is 0 Å². The summed E-state index contributed by atoms with van der Waals surface area (Å²) < 4.78 is 6.01.